The lowest BCUT2D eigenvalue weighted by molar-refractivity contribution is 1.20. The molecule has 134 valence electrons. The van der Waals surface area contributed by atoms with Gasteiger partial charge >= 0.3 is 0 Å². The van der Waals surface area contributed by atoms with Crippen LogP contribution in [0, 0.1) is 11.3 Å². The van der Waals surface area contributed by atoms with Gasteiger partial charge in [0.15, 0.2) is 0 Å². The van der Waals surface area contributed by atoms with Crippen LogP contribution in [-0.2, 0) is 0 Å². The third-order valence-corrected chi connectivity index (χ3v) is 5.18. The first-order valence-electron chi connectivity index (χ1n) is 8.29. The largest absolute Gasteiger partial charge is 0.397 e. The molecule has 6 heteroatoms. The Labute approximate surface area is 155 Å². The normalized spacial score (nSPS) is 12.2. The molecule has 0 amide bonds. The zero-order valence-electron chi connectivity index (χ0n) is 15.4. The average Bonchev–Trinajstić information content (AvgIpc) is 2.59. The van der Waals surface area contributed by atoms with Gasteiger partial charge < -0.3 is 11.1 Å². The third kappa shape index (κ3) is 5.34. The minimum Gasteiger partial charge on any atom is -0.397 e. The van der Waals surface area contributed by atoms with Crippen LogP contribution < -0.4 is 11.1 Å². The van der Waals surface area contributed by atoms with Gasteiger partial charge in [-0.3, -0.25) is 0 Å². The highest BCUT2D eigenvalue weighted by Gasteiger charge is 2.08. The maximum Gasteiger partial charge on any atom is 0.109 e. The Morgan fingerprint density at radius 3 is 2.46 bits per heavy atom. The number of rotatable bonds is 6. The second-order valence-corrected chi connectivity index (χ2v) is 10.3. The number of nitrogen functional groups attached to an aromatic ring is 1. The van der Waals surface area contributed by atoms with Gasteiger partial charge in [0.05, 0.1) is 22.8 Å². The number of nitrogens with one attached hydrogen (secondary N) is 1. The highest BCUT2D eigenvalue weighted by atomic mass is 31.2. The molecule has 0 radical (unpaired) electrons. The second kappa shape index (κ2) is 8.51. The van der Waals surface area contributed by atoms with Gasteiger partial charge in [-0.25, -0.2) is 0 Å². The van der Waals surface area contributed by atoms with Crippen LogP contribution >= 0.6 is 6.89 Å². The van der Waals surface area contributed by atoms with E-state index in [4.69, 9.17) is 5.73 Å². The molecule has 0 heterocycles. The number of hydrogen-bond donors (Lipinski definition) is 2. The molecule has 0 aromatic heterocycles. The minimum atomic E-state index is -1.62. The summed E-state index contributed by atoms with van der Waals surface area (Å²) in [6.45, 7) is 5.32. The molecule has 2 aromatic carbocycles. The summed E-state index contributed by atoms with van der Waals surface area (Å²) < 4.78 is 0. The van der Waals surface area contributed by atoms with E-state index in [1.54, 1.807) is 12.1 Å². The Morgan fingerprint density at radius 1 is 1.23 bits per heavy atom. The van der Waals surface area contributed by atoms with E-state index in [-0.39, 0.29) is 0 Å². The van der Waals surface area contributed by atoms with Crippen molar-refractivity contribution in [3.05, 3.63) is 53.3 Å². The van der Waals surface area contributed by atoms with Crippen molar-refractivity contribution in [1.29, 1.82) is 5.26 Å². The van der Waals surface area contributed by atoms with Crippen LogP contribution in [0.4, 0.5) is 22.7 Å². The zero-order chi connectivity index (χ0) is 19.2. The van der Waals surface area contributed by atoms with Crippen molar-refractivity contribution < 1.29 is 0 Å². The van der Waals surface area contributed by atoms with E-state index in [1.807, 2.05) is 49.7 Å². The van der Waals surface area contributed by atoms with Crippen LogP contribution in [0.1, 0.15) is 12.5 Å². The van der Waals surface area contributed by atoms with Crippen LogP contribution in [0.5, 0.6) is 0 Å². The predicted octanol–water partition coefficient (Wildman–Crippen LogP) is 5.69. The van der Waals surface area contributed by atoms with Gasteiger partial charge in [0.2, 0.25) is 0 Å². The Morgan fingerprint density at radius 2 is 1.92 bits per heavy atom. The summed E-state index contributed by atoms with van der Waals surface area (Å²) >= 11 is 0. The molecule has 0 saturated heterocycles. The minimum absolute atomic E-state index is 0.518. The van der Waals surface area contributed by atoms with Gasteiger partial charge in [-0.15, -0.1) is 5.11 Å². The van der Waals surface area contributed by atoms with Crippen molar-refractivity contribution in [2.45, 2.75) is 6.92 Å². The van der Waals surface area contributed by atoms with E-state index >= 15 is 0 Å². The summed E-state index contributed by atoms with van der Waals surface area (Å²) in [6.07, 6.45) is 5.95. The fraction of sp³-hybridized carbons (Fsp3) is 0.200. The zero-order valence-corrected chi connectivity index (χ0v) is 16.3. The molecular weight excluding hydrogens is 341 g/mol. The fourth-order valence-corrected chi connectivity index (χ4v) is 2.99. The SMILES string of the molecule is C=P(C)(C)/C(C#N)=C/c1ccc(N=Nc2ccc(NCC)cc2)c(N)c1. The van der Waals surface area contributed by atoms with Crippen molar-refractivity contribution in [3.63, 3.8) is 0 Å². The van der Waals surface area contributed by atoms with E-state index in [0.717, 1.165) is 23.5 Å². The lowest BCUT2D eigenvalue weighted by atomic mass is 10.1. The first kappa shape index (κ1) is 19.5. The number of nitrogens with zero attached hydrogens (tertiary/aromatic N) is 3. The molecule has 2 rings (SSSR count). The fourth-order valence-electron chi connectivity index (χ4n) is 2.22. The molecule has 0 aliphatic rings. The molecule has 3 N–H and O–H groups in total. The van der Waals surface area contributed by atoms with Gasteiger partial charge in [0, 0.05) is 12.2 Å². The average molecular weight is 365 g/mol. The number of allylic oxidation sites excluding steroid dienone is 1. The number of anilines is 2. The highest BCUT2D eigenvalue weighted by molar-refractivity contribution is 7.76. The molecule has 5 nitrogen and oxygen atoms in total. The van der Waals surface area contributed by atoms with Gasteiger partial charge in [0.1, 0.15) is 5.69 Å². The Balaban J connectivity index is 2.21. The topological polar surface area (TPSA) is 86.6 Å². The van der Waals surface area contributed by atoms with Crippen molar-refractivity contribution in [2.75, 3.05) is 30.9 Å². The summed E-state index contributed by atoms with van der Waals surface area (Å²) in [6, 6.07) is 15.4. The number of hydrogen-bond acceptors (Lipinski definition) is 5. The van der Waals surface area contributed by atoms with Gasteiger partial charge in [-0.1, -0.05) is 19.3 Å². The number of nitriles is 1. The van der Waals surface area contributed by atoms with Crippen LogP contribution in [-0.4, -0.2) is 26.2 Å². The Bertz CT molecular complexity index is 914. The summed E-state index contributed by atoms with van der Waals surface area (Å²) in [5, 5.41) is 21.7. The molecule has 0 aliphatic carbocycles. The van der Waals surface area contributed by atoms with Crippen LogP contribution in [0.25, 0.3) is 6.08 Å². The molecule has 0 aliphatic heterocycles. The Kier molecular flexibility index (Phi) is 6.38. The smallest absolute Gasteiger partial charge is 0.109 e. The van der Waals surface area contributed by atoms with Crippen LogP contribution in [0.2, 0.25) is 0 Å². The number of nitrogens with two attached hydrogens (primary N) is 1. The van der Waals surface area contributed by atoms with Crippen molar-refractivity contribution in [2.24, 2.45) is 10.2 Å². The molecule has 0 atom stereocenters. The van der Waals surface area contributed by atoms with E-state index in [0.29, 0.717) is 16.7 Å². The molecule has 2 aromatic rings. The van der Waals surface area contributed by atoms with E-state index in [1.165, 1.54) is 0 Å². The summed E-state index contributed by atoms with van der Waals surface area (Å²) in [4.78, 5) is 0. The van der Waals surface area contributed by atoms with Crippen LogP contribution in [0.3, 0.4) is 0 Å². The summed E-state index contributed by atoms with van der Waals surface area (Å²) in [5.41, 5.74) is 9.88. The summed E-state index contributed by atoms with van der Waals surface area (Å²) in [5.74, 6) is 0. The molecule has 0 saturated carbocycles. The number of azo groups is 1. The second-order valence-electron chi connectivity index (χ2n) is 6.42. The standard InChI is InChI=1S/C20H24N5P/c1-5-23-16-7-9-17(10-8-16)24-25-20-11-6-15(13-19(20)22)12-18(14-21)26(2,3)4/h6-13,23H,2,5,22H2,1,3-4H3/b18-12+,25-24?. The highest BCUT2D eigenvalue weighted by Crippen LogP contribution is 2.46. The molecule has 0 fully saturated rings. The maximum atomic E-state index is 9.31. The van der Waals surface area contributed by atoms with Crippen molar-refractivity contribution in [3.8, 4) is 6.07 Å². The van der Waals surface area contributed by atoms with Gasteiger partial charge in [-0.2, -0.15) is 10.4 Å². The van der Waals surface area contributed by atoms with Crippen molar-refractivity contribution in [1.82, 2.24) is 0 Å². The van der Waals surface area contributed by atoms with Crippen LogP contribution in [0.15, 0.2) is 58.0 Å². The molecule has 26 heavy (non-hydrogen) atoms. The lowest BCUT2D eigenvalue weighted by Crippen LogP contribution is -1.94. The lowest BCUT2D eigenvalue weighted by Gasteiger charge is -2.11. The molecular formula is C20H24N5P. The van der Waals surface area contributed by atoms with Crippen molar-refractivity contribution >= 4 is 42.0 Å². The summed E-state index contributed by atoms with van der Waals surface area (Å²) in [7, 11) is 0. The first-order valence-corrected chi connectivity index (χ1v) is 11.2. The van der Waals surface area contributed by atoms with E-state index in [2.05, 4.69) is 34.8 Å². The quantitative estimate of drug-likeness (QED) is 0.298. The predicted molar refractivity (Wildman–Crippen MR) is 115 cm³/mol. The van der Waals surface area contributed by atoms with Gasteiger partial charge in [-0.05, 0) is 68.3 Å². The third-order valence-electron chi connectivity index (χ3n) is 3.64. The molecule has 0 bridgehead atoms. The van der Waals surface area contributed by atoms with E-state index < -0.39 is 6.89 Å². The number of benzene rings is 2. The van der Waals surface area contributed by atoms with E-state index in [9.17, 15) is 5.26 Å². The first-order chi connectivity index (χ1) is 12.3. The molecule has 0 spiro atoms. The maximum absolute atomic E-state index is 9.31. The monoisotopic (exact) mass is 365 g/mol. The molecule has 0 unspecified atom stereocenters. The Hall–Kier alpha value is -2.83. The van der Waals surface area contributed by atoms with Gasteiger partial charge in [0.25, 0.3) is 0 Å².